The largest absolute Gasteiger partial charge is 0.494 e. The van der Waals surface area contributed by atoms with Crippen molar-refractivity contribution in [2.75, 3.05) is 6.61 Å². The standard InChI is InChI=1S/C23H25N5O7S/c1-15(2)12-13-35-18-10-8-17(9-11-18)22(31)28(26-20(29)16-6-4-3-5-7-16)27-36(33,34)19-14-24-23(32)25-21(19)30/h3-11,14-15,27H,12-13H2,1-2H3,(H,26,29)(H2,24,25,30,32). The van der Waals surface area contributed by atoms with Gasteiger partial charge in [0.15, 0.2) is 4.90 Å². The number of hydrogen-bond donors (Lipinski definition) is 4. The summed E-state index contributed by atoms with van der Waals surface area (Å²) in [6.45, 7) is 4.61. The Kier molecular flexibility index (Phi) is 8.40. The van der Waals surface area contributed by atoms with E-state index in [9.17, 15) is 27.6 Å². The minimum Gasteiger partial charge on any atom is -0.494 e. The molecule has 0 atom stereocenters. The predicted molar refractivity (Wildman–Crippen MR) is 129 cm³/mol. The Labute approximate surface area is 206 Å². The second kappa shape index (κ2) is 11.5. The fourth-order valence-electron chi connectivity index (χ4n) is 2.87. The highest BCUT2D eigenvalue weighted by atomic mass is 32.2. The normalized spacial score (nSPS) is 11.2. The molecule has 0 aliphatic rings. The van der Waals surface area contributed by atoms with Crippen LogP contribution < -0.4 is 26.2 Å². The Morgan fingerprint density at radius 3 is 2.28 bits per heavy atom. The third-order valence-corrected chi connectivity index (χ3v) is 6.11. The van der Waals surface area contributed by atoms with Crippen LogP contribution in [0.4, 0.5) is 0 Å². The van der Waals surface area contributed by atoms with Crippen molar-refractivity contribution in [2.45, 2.75) is 25.2 Å². The zero-order chi connectivity index (χ0) is 26.3. The summed E-state index contributed by atoms with van der Waals surface area (Å²) in [4.78, 5) is 54.0. The number of nitrogens with zero attached hydrogens (tertiary/aromatic N) is 1. The molecule has 0 bridgehead atoms. The number of carbonyl (C=O) groups excluding carboxylic acids is 2. The lowest BCUT2D eigenvalue weighted by Gasteiger charge is -2.23. The Morgan fingerprint density at radius 1 is 1.00 bits per heavy atom. The van der Waals surface area contributed by atoms with Crippen LogP contribution in [0.3, 0.4) is 0 Å². The van der Waals surface area contributed by atoms with E-state index in [1.54, 1.807) is 23.2 Å². The van der Waals surface area contributed by atoms with Crippen molar-refractivity contribution in [3.8, 4) is 5.75 Å². The molecule has 1 aromatic heterocycles. The highest BCUT2D eigenvalue weighted by molar-refractivity contribution is 7.89. The number of aromatic amines is 2. The Hall–Kier alpha value is -4.23. The summed E-state index contributed by atoms with van der Waals surface area (Å²) < 4.78 is 31.3. The van der Waals surface area contributed by atoms with Gasteiger partial charge in [-0.2, -0.15) is 5.12 Å². The van der Waals surface area contributed by atoms with E-state index in [-0.39, 0.29) is 11.1 Å². The van der Waals surface area contributed by atoms with Crippen LogP contribution in [0.5, 0.6) is 5.75 Å². The van der Waals surface area contributed by atoms with E-state index in [1.807, 2.05) is 9.82 Å². The monoisotopic (exact) mass is 515 g/mol. The van der Waals surface area contributed by atoms with E-state index in [2.05, 4.69) is 19.3 Å². The molecule has 4 N–H and O–H groups in total. The molecule has 1 heterocycles. The van der Waals surface area contributed by atoms with Gasteiger partial charge >= 0.3 is 5.69 Å². The number of ether oxygens (including phenoxy) is 1. The average Bonchev–Trinajstić information content (AvgIpc) is 2.83. The Morgan fingerprint density at radius 2 is 1.67 bits per heavy atom. The van der Waals surface area contributed by atoms with Gasteiger partial charge in [0.25, 0.3) is 27.4 Å². The summed E-state index contributed by atoms with van der Waals surface area (Å²) in [5, 5.41) is 0.351. The predicted octanol–water partition coefficient (Wildman–Crippen LogP) is 1.17. The SMILES string of the molecule is CC(C)CCOc1ccc(C(=O)N(NC(=O)c2ccccc2)NS(=O)(=O)c2c[nH]c(=O)[nH]c2=O)cc1. The van der Waals surface area contributed by atoms with E-state index in [1.165, 1.54) is 36.4 Å². The number of rotatable bonds is 9. The van der Waals surface area contributed by atoms with Crippen LogP contribution in [0.1, 0.15) is 41.0 Å². The van der Waals surface area contributed by atoms with E-state index >= 15 is 0 Å². The highest BCUT2D eigenvalue weighted by Crippen LogP contribution is 2.15. The molecule has 3 rings (SSSR count). The number of nitrogens with one attached hydrogen (secondary N) is 4. The fourth-order valence-corrected chi connectivity index (χ4v) is 3.85. The molecule has 0 radical (unpaired) electrons. The number of amides is 2. The van der Waals surface area contributed by atoms with Gasteiger partial charge in [-0.25, -0.2) is 18.6 Å². The molecule has 0 fully saturated rings. The number of sulfonamides is 1. The lowest BCUT2D eigenvalue weighted by molar-refractivity contribution is 0.0533. The lowest BCUT2D eigenvalue weighted by Crippen LogP contribution is -2.56. The number of benzene rings is 2. The number of hydrazine groups is 2. The maximum absolute atomic E-state index is 13.2. The first-order valence-corrected chi connectivity index (χ1v) is 12.3. The molecule has 190 valence electrons. The molecule has 0 aliphatic heterocycles. The molecule has 0 spiro atoms. The topological polar surface area (TPSA) is 171 Å². The van der Waals surface area contributed by atoms with Gasteiger partial charge in [0.1, 0.15) is 5.75 Å². The van der Waals surface area contributed by atoms with Crippen LogP contribution in [0.15, 0.2) is 75.3 Å². The van der Waals surface area contributed by atoms with E-state index in [0.717, 1.165) is 6.42 Å². The summed E-state index contributed by atoms with van der Waals surface area (Å²) in [6.07, 6.45) is 1.51. The summed E-state index contributed by atoms with van der Waals surface area (Å²) >= 11 is 0. The first-order valence-electron chi connectivity index (χ1n) is 10.8. The van der Waals surface area contributed by atoms with Crippen molar-refractivity contribution in [3.63, 3.8) is 0 Å². The van der Waals surface area contributed by atoms with Gasteiger partial charge < -0.3 is 9.72 Å². The Bertz CT molecular complexity index is 1430. The molecule has 12 nitrogen and oxygen atoms in total. The Balaban J connectivity index is 1.88. The number of H-pyrrole nitrogens is 2. The van der Waals surface area contributed by atoms with Gasteiger partial charge in [0, 0.05) is 17.3 Å². The summed E-state index contributed by atoms with van der Waals surface area (Å²) in [6, 6.07) is 13.6. The van der Waals surface area contributed by atoms with E-state index in [0.29, 0.717) is 29.6 Å². The number of carbonyl (C=O) groups is 2. The van der Waals surface area contributed by atoms with Crippen molar-refractivity contribution < 1.29 is 22.7 Å². The molecule has 0 saturated carbocycles. The number of hydrogen-bond acceptors (Lipinski definition) is 7. The molecule has 2 aromatic carbocycles. The second-order valence-corrected chi connectivity index (χ2v) is 9.66. The molecule has 0 unspecified atom stereocenters. The van der Waals surface area contributed by atoms with Crippen molar-refractivity contribution in [1.82, 2.24) is 25.3 Å². The van der Waals surface area contributed by atoms with Gasteiger partial charge in [-0.15, -0.1) is 0 Å². The quantitative estimate of drug-likeness (QED) is 0.310. The zero-order valence-electron chi connectivity index (χ0n) is 19.5. The average molecular weight is 516 g/mol. The van der Waals surface area contributed by atoms with Crippen LogP contribution >= 0.6 is 0 Å². The van der Waals surface area contributed by atoms with Gasteiger partial charge in [0.05, 0.1) is 6.61 Å². The van der Waals surface area contributed by atoms with E-state index < -0.39 is 38.0 Å². The third kappa shape index (κ3) is 6.90. The maximum atomic E-state index is 13.2. The van der Waals surface area contributed by atoms with Crippen LogP contribution in [0, 0.1) is 5.92 Å². The zero-order valence-corrected chi connectivity index (χ0v) is 20.3. The van der Waals surface area contributed by atoms with Crippen molar-refractivity contribution in [2.24, 2.45) is 5.92 Å². The highest BCUT2D eigenvalue weighted by Gasteiger charge is 2.28. The van der Waals surface area contributed by atoms with Crippen LogP contribution in [-0.2, 0) is 10.0 Å². The van der Waals surface area contributed by atoms with Crippen molar-refractivity contribution in [1.29, 1.82) is 0 Å². The molecule has 13 heteroatoms. The smallest absolute Gasteiger partial charge is 0.325 e. The molecular weight excluding hydrogens is 490 g/mol. The van der Waals surface area contributed by atoms with E-state index in [4.69, 9.17) is 4.74 Å². The summed E-state index contributed by atoms with van der Waals surface area (Å²) in [5.41, 5.74) is 0.215. The van der Waals surface area contributed by atoms with Crippen molar-refractivity contribution >= 4 is 21.8 Å². The molecular formula is C23H25N5O7S. The number of aromatic nitrogens is 2. The molecule has 2 amide bonds. The van der Waals surface area contributed by atoms with Crippen molar-refractivity contribution in [3.05, 3.63) is 92.8 Å². The lowest BCUT2D eigenvalue weighted by atomic mass is 10.1. The van der Waals surface area contributed by atoms with Crippen LogP contribution in [0.25, 0.3) is 0 Å². The van der Waals surface area contributed by atoms with Crippen LogP contribution in [-0.4, -0.2) is 41.9 Å². The van der Waals surface area contributed by atoms with Gasteiger partial charge in [-0.3, -0.25) is 19.4 Å². The minimum atomic E-state index is -4.71. The minimum absolute atomic E-state index is 0.0117. The molecule has 0 saturated heterocycles. The second-order valence-electron chi connectivity index (χ2n) is 8.03. The van der Waals surface area contributed by atoms with Gasteiger partial charge in [-0.05, 0) is 48.7 Å². The fraction of sp³-hybridized carbons (Fsp3) is 0.217. The molecule has 36 heavy (non-hydrogen) atoms. The first-order chi connectivity index (χ1) is 17.1. The first kappa shape index (κ1) is 26.4. The van der Waals surface area contributed by atoms with Crippen LogP contribution in [0.2, 0.25) is 0 Å². The summed E-state index contributed by atoms with van der Waals surface area (Å²) in [5.74, 6) is -0.782. The van der Waals surface area contributed by atoms with Gasteiger partial charge in [0.2, 0.25) is 0 Å². The molecule has 3 aromatic rings. The van der Waals surface area contributed by atoms with Gasteiger partial charge in [-0.1, -0.05) is 36.9 Å². The summed E-state index contributed by atoms with van der Waals surface area (Å²) in [7, 11) is -4.71. The molecule has 0 aliphatic carbocycles. The maximum Gasteiger partial charge on any atom is 0.325 e. The third-order valence-electron chi connectivity index (χ3n) is 4.80.